The van der Waals surface area contributed by atoms with Gasteiger partial charge in [0, 0.05) is 5.88 Å². The van der Waals surface area contributed by atoms with E-state index in [-0.39, 0.29) is 10.9 Å². The van der Waals surface area contributed by atoms with Gasteiger partial charge in [-0.05, 0) is 19.1 Å². The van der Waals surface area contributed by atoms with Gasteiger partial charge in [-0.3, -0.25) is 4.98 Å². The Balaban J connectivity index is 2.57. The minimum absolute atomic E-state index is 0.0237. The van der Waals surface area contributed by atoms with Crippen LogP contribution in [-0.2, 0) is 9.84 Å². The highest BCUT2D eigenvalue weighted by Crippen LogP contribution is 2.17. The number of benzene rings is 1. The summed E-state index contributed by atoms with van der Waals surface area (Å²) in [5.74, 6) is 0.0385. The van der Waals surface area contributed by atoms with Crippen LogP contribution in [0.15, 0.2) is 35.5 Å². The molecule has 0 saturated carbocycles. The van der Waals surface area contributed by atoms with Gasteiger partial charge in [-0.25, -0.2) is 13.4 Å². The molecule has 0 aliphatic heterocycles. The lowest BCUT2D eigenvalue weighted by atomic mass is 10.3. The second-order valence-corrected chi connectivity index (χ2v) is 6.33. The molecule has 1 aromatic carbocycles. The minimum Gasteiger partial charge on any atom is -0.252 e. The van der Waals surface area contributed by atoms with Gasteiger partial charge < -0.3 is 0 Å². The first-order chi connectivity index (χ1) is 8.05. The van der Waals surface area contributed by atoms with E-state index in [2.05, 4.69) is 9.97 Å². The Bertz CT molecular complexity index is 643. The van der Waals surface area contributed by atoms with Crippen LogP contribution < -0.4 is 0 Å². The molecule has 0 aliphatic rings. The van der Waals surface area contributed by atoms with Crippen molar-refractivity contribution in [3.8, 4) is 0 Å². The van der Waals surface area contributed by atoms with Gasteiger partial charge in [0.15, 0.2) is 5.03 Å². The number of sulfone groups is 1. The summed E-state index contributed by atoms with van der Waals surface area (Å²) in [5.41, 5.74) is 1.24. The van der Waals surface area contributed by atoms with Gasteiger partial charge >= 0.3 is 0 Å². The Morgan fingerprint density at radius 1 is 1.29 bits per heavy atom. The zero-order valence-electron chi connectivity index (χ0n) is 9.17. The van der Waals surface area contributed by atoms with E-state index in [4.69, 9.17) is 11.6 Å². The van der Waals surface area contributed by atoms with Crippen molar-refractivity contribution in [3.05, 3.63) is 30.5 Å². The first-order valence-corrected chi connectivity index (χ1v) is 7.15. The number of hydrogen-bond acceptors (Lipinski definition) is 4. The van der Waals surface area contributed by atoms with Gasteiger partial charge in [0.2, 0.25) is 9.84 Å². The molecule has 17 heavy (non-hydrogen) atoms. The smallest absolute Gasteiger partial charge is 0.200 e. The molecule has 0 radical (unpaired) electrons. The van der Waals surface area contributed by atoms with E-state index in [0.29, 0.717) is 11.0 Å². The third-order valence-corrected chi connectivity index (χ3v) is 5.12. The third kappa shape index (κ3) is 2.25. The Morgan fingerprint density at radius 3 is 2.59 bits per heavy atom. The molecular weight excluding hydrogens is 260 g/mol. The first-order valence-electron chi connectivity index (χ1n) is 5.07. The largest absolute Gasteiger partial charge is 0.252 e. The summed E-state index contributed by atoms with van der Waals surface area (Å²) in [4.78, 5) is 8.19. The molecule has 1 atom stereocenters. The molecule has 0 amide bonds. The number of hydrogen-bond donors (Lipinski definition) is 0. The summed E-state index contributed by atoms with van der Waals surface area (Å²) in [7, 11) is -3.49. The summed E-state index contributed by atoms with van der Waals surface area (Å²) < 4.78 is 24.0. The molecule has 0 fully saturated rings. The number of aromatic nitrogens is 2. The van der Waals surface area contributed by atoms with Crippen LogP contribution in [-0.4, -0.2) is 29.5 Å². The van der Waals surface area contributed by atoms with Gasteiger partial charge in [-0.2, -0.15) is 0 Å². The molecular formula is C11H11ClN2O2S. The molecule has 2 aromatic rings. The molecule has 0 aliphatic carbocycles. The maximum absolute atomic E-state index is 12.0. The van der Waals surface area contributed by atoms with Crippen LogP contribution in [0, 0.1) is 0 Å². The fourth-order valence-corrected chi connectivity index (χ4v) is 2.87. The first kappa shape index (κ1) is 12.3. The number of rotatable bonds is 3. The Labute approximate surface area is 105 Å². The van der Waals surface area contributed by atoms with Crippen molar-refractivity contribution in [2.45, 2.75) is 17.2 Å². The number of nitrogens with zero attached hydrogens (tertiary/aromatic N) is 2. The normalized spacial score (nSPS) is 13.8. The molecule has 2 rings (SSSR count). The zero-order valence-corrected chi connectivity index (χ0v) is 10.7. The van der Waals surface area contributed by atoms with Gasteiger partial charge in [0.05, 0.1) is 22.5 Å². The highest BCUT2D eigenvalue weighted by atomic mass is 35.5. The SMILES string of the molecule is CC(CCl)S(=O)(=O)c1cnc2ccccc2n1. The molecule has 0 N–H and O–H groups in total. The van der Waals surface area contributed by atoms with E-state index in [1.54, 1.807) is 25.1 Å². The second kappa shape index (κ2) is 4.58. The topological polar surface area (TPSA) is 59.9 Å². The van der Waals surface area contributed by atoms with Crippen molar-refractivity contribution in [1.29, 1.82) is 0 Å². The summed E-state index contributed by atoms with van der Waals surface area (Å²) in [6.45, 7) is 1.55. The number of fused-ring (bicyclic) bond motifs is 1. The fourth-order valence-electron chi connectivity index (χ4n) is 1.37. The maximum atomic E-state index is 12.0. The van der Waals surface area contributed by atoms with Gasteiger partial charge in [0.1, 0.15) is 0 Å². The van der Waals surface area contributed by atoms with E-state index < -0.39 is 15.1 Å². The molecule has 0 saturated heterocycles. The Hall–Kier alpha value is -1.20. The van der Waals surface area contributed by atoms with Crippen LogP contribution in [0.5, 0.6) is 0 Å². The molecule has 90 valence electrons. The summed E-state index contributed by atoms with van der Waals surface area (Å²) in [5, 5.41) is -0.691. The van der Waals surface area contributed by atoms with Gasteiger partial charge in [0.25, 0.3) is 0 Å². The van der Waals surface area contributed by atoms with Gasteiger partial charge in [-0.1, -0.05) is 12.1 Å². The average molecular weight is 271 g/mol. The van der Waals surface area contributed by atoms with Crippen molar-refractivity contribution < 1.29 is 8.42 Å². The van der Waals surface area contributed by atoms with E-state index in [1.807, 2.05) is 6.07 Å². The Morgan fingerprint density at radius 2 is 1.94 bits per heavy atom. The van der Waals surface area contributed by atoms with Crippen molar-refractivity contribution >= 4 is 32.5 Å². The molecule has 1 aromatic heterocycles. The Kier molecular flexibility index (Phi) is 3.31. The van der Waals surface area contributed by atoms with Crippen molar-refractivity contribution in [2.24, 2.45) is 0 Å². The van der Waals surface area contributed by atoms with Crippen molar-refractivity contribution in [2.75, 3.05) is 5.88 Å². The van der Waals surface area contributed by atoms with Gasteiger partial charge in [-0.15, -0.1) is 11.6 Å². The van der Waals surface area contributed by atoms with Crippen molar-refractivity contribution in [1.82, 2.24) is 9.97 Å². The standard InChI is InChI=1S/C11H11ClN2O2S/c1-8(6-12)17(15,16)11-7-13-9-4-2-3-5-10(9)14-11/h2-5,7-8H,6H2,1H3. The summed E-state index contributed by atoms with van der Waals surface area (Å²) in [6, 6.07) is 7.13. The van der Waals surface area contributed by atoms with Crippen molar-refractivity contribution in [3.63, 3.8) is 0 Å². The lowest BCUT2D eigenvalue weighted by Crippen LogP contribution is -2.20. The molecule has 1 heterocycles. The van der Waals surface area contributed by atoms with Crippen LogP contribution in [0.1, 0.15) is 6.92 Å². The number of halogens is 1. The van der Waals surface area contributed by atoms with E-state index >= 15 is 0 Å². The third-order valence-electron chi connectivity index (χ3n) is 2.46. The van der Waals surface area contributed by atoms with Crippen LogP contribution in [0.3, 0.4) is 0 Å². The van der Waals surface area contributed by atoms with E-state index in [0.717, 1.165) is 0 Å². The molecule has 0 bridgehead atoms. The van der Waals surface area contributed by atoms with Crippen LogP contribution in [0.25, 0.3) is 11.0 Å². The maximum Gasteiger partial charge on any atom is 0.200 e. The molecule has 6 heteroatoms. The molecule has 4 nitrogen and oxygen atoms in total. The monoisotopic (exact) mass is 270 g/mol. The predicted molar refractivity (Wildman–Crippen MR) is 66.9 cm³/mol. The van der Waals surface area contributed by atoms with Crippen LogP contribution in [0.4, 0.5) is 0 Å². The lowest BCUT2D eigenvalue weighted by Gasteiger charge is -2.08. The molecule has 0 spiro atoms. The van der Waals surface area contributed by atoms with E-state index in [9.17, 15) is 8.42 Å². The lowest BCUT2D eigenvalue weighted by molar-refractivity contribution is 0.584. The molecule has 1 unspecified atom stereocenters. The highest BCUT2D eigenvalue weighted by molar-refractivity contribution is 7.92. The van der Waals surface area contributed by atoms with Crippen LogP contribution in [0.2, 0.25) is 0 Å². The van der Waals surface area contributed by atoms with Crippen LogP contribution >= 0.6 is 11.6 Å². The number of alkyl halides is 1. The summed E-state index contributed by atoms with van der Waals surface area (Å²) in [6.07, 6.45) is 1.28. The minimum atomic E-state index is -3.49. The zero-order chi connectivity index (χ0) is 12.5. The average Bonchev–Trinajstić information content (AvgIpc) is 2.37. The summed E-state index contributed by atoms with van der Waals surface area (Å²) >= 11 is 5.58. The van der Waals surface area contributed by atoms with E-state index in [1.165, 1.54) is 6.20 Å². The quantitative estimate of drug-likeness (QED) is 0.801. The second-order valence-electron chi connectivity index (χ2n) is 3.71. The highest BCUT2D eigenvalue weighted by Gasteiger charge is 2.24. The fraction of sp³-hybridized carbons (Fsp3) is 0.273. The predicted octanol–water partition coefficient (Wildman–Crippen LogP) is 2.03. The number of para-hydroxylation sites is 2.